The summed E-state index contributed by atoms with van der Waals surface area (Å²) in [7, 11) is 7.66. The average molecular weight is 542 g/mol. The fraction of sp³-hybridized carbons (Fsp3) is 0.323. The Hall–Kier alpha value is -4.37. The van der Waals surface area contributed by atoms with Gasteiger partial charge in [-0.1, -0.05) is 32.2 Å². The first-order valence-electron chi connectivity index (χ1n) is 13.1. The third kappa shape index (κ3) is 5.79. The van der Waals surface area contributed by atoms with Crippen LogP contribution in [0.2, 0.25) is 0 Å². The van der Waals surface area contributed by atoms with E-state index in [4.69, 9.17) is 9.72 Å². The van der Waals surface area contributed by atoms with E-state index < -0.39 is 0 Å². The largest absolute Gasteiger partial charge is 0.494 e. The molecular weight excluding hydrogens is 502 g/mol. The number of ether oxygens (including phenoxy) is 1. The van der Waals surface area contributed by atoms with Crippen molar-refractivity contribution in [3.05, 3.63) is 67.0 Å². The van der Waals surface area contributed by atoms with Crippen LogP contribution >= 0.6 is 0 Å². The number of carbonyl (C=O) groups excluding carboxylic acids is 1. The quantitative estimate of drug-likeness (QED) is 0.254. The molecule has 0 fully saturated rings. The van der Waals surface area contributed by atoms with Crippen LogP contribution in [0, 0.1) is 0 Å². The topological polar surface area (TPSA) is 87.5 Å². The van der Waals surface area contributed by atoms with Gasteiger partial charge in [-0.2, -0.15) is 0 Å². The van der Waals surface area contributed by atoms with Crippen LogP contribution in [-0.2, 0) is 17.8 Å². The molecule has 40 heavy (non-hydrogen) atoms. The van der Waals surface area contributed by atoms with E-state index in [1.54, 1.807) is 13.3 Å². The smallest absolute Gasteiger partial charge is 0.247 e. The molecule has 0 unspecified atom stereocenters. The lowest BCUT2D eigenvalue weighted by molar-refractivity contribution is -0.111. The molecule has 1 aliphatic heterocycles. The second-order valence-electron chi connectivity index (χ2n) is 10.0. The van der Waals surface area contributed by atoms with E-state index in [0.717, 1.165) is 49.4 Å². The van der Waals surface area contributed by atoms with Crippen molar-refractivity contribution < 1.29 is 9.53 Å². The van der Waals surface area contributed by atoms with Gasteiger partial charge in [0, 0.05) is 56.1 Å². The molecule has 9 heteroatoms. The van der Waals surface area contributed by atoms with Crippen molar-refractivity contribution in [1.29, 1.82) is 0 Å². The van der Waals surface area contributed by atoms with Crippen LogP contribution in [0.3, 0.4) is 0 Å². The molecule has 4 aromatic rings. The molecule has 5 rings (SSSR count). The fourth-order valence-electron chi connectivity index (χ4n) is 5.06. The number of nitrogens with zero attached hydrogens (tertiary/aromatic N) is 5. The Bertz CT molecular complexity index is 1530. The van der Waals surface area contributed by atoms with Gasteiger partial charge in [0.05, 0.1) is 35.4 Å². The third-order valence-corrected chi connectivity index (χ3v) is 7.06. The minimum Gasteiger partial charge on any atom is -0.494 e. The average Bonchev–Trinajstić information content (AvgIpc) is 3.32. The van der Waals surface area contributed by atoms with E-state index in [9.17, 15) is 4.79 Å². The second-order valence-corrected chi connectivity index (χ2v) is 10.0. The number of hydrogen-bond donors (Lipinski definition) is 2. The molecular formula is C31H39N7O2. The highest BCUT2D eigenvalue weighted by atomic mass is 16.5. The minimum atomic E-state index is -0.292. The molecule has 0 radical (unpaired) electrons. The Balaban J connectivity index is 0.00000370. The van der Waals surface area contributed by atoms with Gasteiger partial charge in [-0.05, 0) is 50.7 Å². The first-order chi connectivity index (χ1) is 18.9. The Morgan fingerprint density at radius 1 is 1.18 bits per heavy atom. The number of benzene rings is 2. The summed E-state index contributed by atoms with van der Waals surface area (Å²) >= 11 is 0. The van der Waals surface area contributed by atoms with Crippen LogP contribution < -0.4 is 20.3 Å². The molecule has 2 aromatic heterocycles. The lowest BCUT2D eigenvalue weighted by Crippen LogP contribution is -2.29. The Morgan fingerprint density at radius 2 is 2.00 bits per heavy atom. The number of carbonyl (C=O) groups is 1. The van der Waals surface area contributed by atoms with Crippen LogP contribution in [0.5, 0.6) is 5.75 Å². The van der Waals surface area contributed by atoms with E-state index >= 15 is 0 Å². The van der Waals surface area contributed by atoms with Gasteiger partial charge in [0.15, 0.2) is 0 Å². The van der Waals surface area contributed by atoms with Crippen molar-refractivity contribution >= 4 is 39.8 Å². The third-order valence-electron chi connectivity index (χ3n) is 7.06. The van der Waals surface area contributed by atoms with Gasteiger partial charge < -0.3 is 29.7 Å². The van der Waals surface area contributed by atoms with Gasteiger partial charge in [-0.25, -0.2) is 9.97 Å². The zero-order valence-corrected chi connectivity index (χ0v) is 23.0. The highest BCUT2D eigenvalue weighted by Crippen LogP contribution is 2.39. The number of hydrogen-bond acceptors (Lipinski definition) is 7. The lowest BCUT2D eigenvalue weighted by atomic mass is 10.0. The molecule has 0 aliphatic carbocycles. The maximum absolute atomic E-state index is 12.3. The summed E-state index contributed by atoms with van der Waals surface area (Å²) in [6, 6.07) is 12.2. The maximum Gasteiger partial charge on any atom is 0.247 e. The van der Waals surface area contributed by atoms with Crippen LogP contribution in [0.4, 0.5) is 23.0 Å². The monoisotopic (exact) mass is 541 g/mol. The second kappa shape index (κ2) is 12.2. The number of aryl methyl sites for hydroxylation is 2. The number of aromatic nitrogens is 3. The van der Waals surface area contributed by atoms with E-state index in [0.29, 0.717) is 23.1 Å². The number of likely N-dealkylation sites (N-methyl/N-ethyl adjacent to an activating group) is 2. The summed E-state index contributed by atoms with van der Waals surface area (Å²) in [4.78, 5) is 25.8. The lowest BCUT2D eigenvalue weighted by Gasteiger charge is -2.26. The summed E-state index contributed by atoms with van der Waals surface area (Å²) in [5.74, 6) is 0.756. The highest BCUT2D eigenvalue weighted by Gasteiger charge is 2.19. The molecule has 0 atom stereocenters. The van der Waals surface area contributed by atoms with E-state index in [1.165, 1.54) is 22.5 Å². The molecule has 2 N–H and O–H groups in total. The van der Waals surface area contributed by atoms with Crippen LogP contribution in [0.25, 0.3) is 22.2 Å². The SMILES string of the molecule is C.C=CC(=O)Nc1cc(Nc2nccc(-c3cn4c5c(cccc35)CCC4)n2)c(OC)cc1N(C)CCN(C)C. The van der Waals surface area contributed by atoms with Gasteiger partial charge in [-0.15, -0.1) is 0 Å². The van der Waals surface area contributed by atoms with Crippen molar-refractivity contribution in [2.45, 2.75) is 26.8 Å². The molecule has 0 spiro atoms. The summed E-state index contributed by atoms with van der Waals surface area (Å²) in [6.07, 6.45) is 7.45. The number of nitrogens with one attached hydrogen (secondary N) is 2. The molecule has 2 aromatic carbocycles. The van der Waals surface area contributed by atoms with Crippen molar-refractivity contribution in [1.82, 2.24) is 19.4 Å². The molecule has 0 bridgehead atoms. The van der Waals surface area contributed by atoms with Gasteiger partial charge in [-0.3, -0.25) is 4.79 Å². The van der Waals surface area contributed by atoms with Gasteiger partial charge in [0.2, 0.25) is 11.9 Å². The maximum atomic E-state index is 12.3. The van der Waals surface area contributed by atoms with E-state index in [2.05, 4.69) is 61.0 Å². The summed E-state index contributed by atoms with van der Waals surface area (Å²) in [6.45, 7) is 6.22. The molecule has 210 valence electrons. The molecule has 0 saturated carbocycles. The van der Waals surface area contributed by atoms with Crippen molar-refractivity contribution in [2.75, 3.05) is 56.9 Å². The minimum absolute atomic E-state index is 0. The van der Waals surface area contributed by atoms with Gasteiger partial charge in [0.25, 0.3) is 0 Å². The van der Waals surface area contributed by atoms with Crippen molar-refractivity contribution in [3.63, 3.8) is 0 Å². The van der Waals surface area contributed by atoms with Gasteiger partial charge in [0.1, 0.15) is 5.75 Å². The fourth-order valence-corrected chi connectivity index (χ4v) is 5.06. The predicted molar refractivity (Wildman–Crippen MR) is 165 cm³/mol. The molecule has 1 aliphatic rings. The Morgan fingerprint density at radius 3 is 2.75 bits per heavy atom. The highest BCUT2D eigenvalue weighted by molar-refractivity contribution is 6.02. The van der Waals surface area contributed by atoms with Crippen LogP contribution in [0.1, 0.15) is 19.4 Å². The number of anilines is 4. The first kappa shape index (κ1) is 28.6. The Kier molecular flexibility index (Phi) is 8.74. The van der Waals surface area contributed by atoms with E-state index in [-0.39, 0.29) is 13.3 Å². The standard InChI is InChI=1S/C30H35N7O2.CH4/c1-6-28(38)32-24-17-25(27(39-5)18-26(24)36(4)16-15-35(2)3)34-30-31-13-12-23(33-30)22-19-37-14-8-10-20-9-7-11-21(22)29(20)37;/h6-7,9,11-13,17-19H,1,8,10,14-16H2,2-5H3,(H,32,38)(H,31,33,34);1H4. The number of para-hydroxylation sites is 1. The van der Waals surface area contributed by atoms with Crippen LogP contribution in [0.15, 0.2) is 61.4 Å². The molecule has 0 saturated heterocycles. The van der Waals surface area contributed by atoms with Crippen molar-refractivity contribution in [3.8, 4) is 17.0 Å². The number of rotatable bonds is 10. The zero-order valence-electron chi connectivity index (χ0n) is 23.0. The summed E-state index contributed by atoms with van der Waals surface area (Å²) in [5, 5.41) is 7.45. The first-order valence-corrected chi connectivity index (χ1v) is 13.1. The Labute approximate surface area is 236 Å². The van der Waals surface area contributed by atoms with Crippen molar-refractivity contribution in [2.24, 2.45) is 0 Å². The molecule has 3 heterocycles. The normalized spacial score (nSPS) is 12.1. The van der Waals surface area contributed by atoms with Gasteiger partial charge >= 0.3 is 0 Å². The summed E-state index contributed by atoms with van der Waals surface area (Å²) in [5.41, 5.74) is 6.71. The molecule has 9 nitrogen and oxygen atoms in total. The number of amides is 1. The number of methoxy groups -OCH3 is 1. The summed E-state index contributed by atoms with van der Waals surface area (Å²) < 4.78 is 8.07. The molecule has 1 amide bonds. The predicted octanol–water partition coefficient (Wildman–Crippen LogP) is 5.56. The van der Waals surface area contributed by atoms with Crippen LogP contribution in [-0.4, -0.2) is 66.7 Å². The zero-order chi connectivity index (χ0) is 27.5. The van der Waals surface area contributed by atoms with E-state index in [1.807, 2.05) is 39.3 Å².